The number of methoxy groups -OCH3 is 1. The fraction of sp³-hybridized carbons (Fsp3) is 0.444. The number of hydrogen-bond donors (Lipinski definition) is 2. The minimum absolute atomic E-state index is 0.182. The monoisotopic (exact) mass is 214 g/mol. The van der Waals surface area contributed by atoms with Gasteiger partial charge < -0.3 is 15.8 Å². The van der Waals surface area contributed by atoms with Crippen molar-refractivity contribution in [2.45, 2.75) is 12.6 Å². The zero-order valence-electron chi connectivity index (χ0n) is 8.03. The molecule has 3 N–H and O–H groups in total. The third-order valence-electron chi connectivity index (χ3n) is 1.73. The normalized spacial score (nSPS) is 12.4. The number of thiophene rings is 1. The quantitative estimate of drug-likeness (QED) is 0.742. The highest BCUT2D eigenvalue weighted by Crippen LogP contribution is 2.04. The zero-order chi connectivity index (χ0) is 10.4. The predicted molar refractivity (Wildman–Crippen MR) is 56.0 cm³/mol. The molecule has 1 amide bonds. The molecule has 78 valence electrons. The predicted octanol–water partition coefficient (Wildman–Crippen LogP) is 0.338. The summed E-state index contributed by atoms with van der Waals surface area (Å²) in [5.74, 6) is -0.182. The molecule has 0 aliphatic heterocycles. The lowest BCUT2D eigenvalue weighted by molar-refractivity contribution is -0.123. The lowest BCUT2D eigenvalue weighted by atomic mass is 10.3. The van der Waals surface area contributed by atoms with Gasteiger partial charge in [0.2, 0.25) is 5.91 Å². The molecule has 0 saturated heterocycles. The molecule has 0 aliphatic rings. The Bertz CT molecular complexity index is 274. The molecular weight excluding hydrogens is 200 g/mol. The molecule has 1 aromatic rings. The lowest BCUT2D eigenvalue weighted by Gasteiger charge is -2.10. The number of amides is 1. The Hall–Kier alpha value is -0.910. The Kier molecular flexibility index (Phi) is 4.58. The van der Waals surface area contributed by atoms with E-state index in [1.807, 2.05) is 16.8 Å². The van der Waals surface area contributed by atoms with Crippen molar-refractivity contribution in [1.82, 2.24) is 5.32 Å². The molecule has 4 nitrogen and oxygen atoms in total. The molecule has 1 aromatic heterocycles. The van der Waals surface area contributed by atoms with Crippen LogP contribution >= 0.6 is 11.3 Å². The largest absolute Gasteiger partial charge is 0.383 e. The van der Waals surface area contributed by atoms with Crippen LogP contribution in [0.25, 0.3) is 0 Å². The van der Waals surface area contributed by atoms with Crippen LogP contribution in [0, 0.1) is 0 Å². The number of nitrogens with one attached hydrogen (secondary N) is 1. The van der Waals surface area contributed by atoms with Crippen LogP contribution in [-0.4, -0.2) is 25.7 Å². The van der Waals surface area contributed by atoms with E-state index in [0.717, 1.165) is 5.56 Å². The number of hydrogen-bond acceptors (Lipinski definition) is 4. The minimum Gasteiger partial charge on any atom is -0.383 e. The van der Waals surface area contributed by atoms with Gasteiger partial charge in [-0.15, -0.1) is 0 Å². The smallest absolute Gasteiger partial charge is 0.239 e. The number of carbonyl (C=O) groups is 1. The standard InChI is InChI=1S/C9H14N2O2S/c1-13-5-8(10)9(12)11-4-7-2-3-14-6-7/h2-3,6,8H,4-5,10H2,1H3,(H,11,12). The highest BCUT2D eigenvalue weighted by atomic mass is 32.1. The topological polar surface area (TPSA) is 64.3 Å². The number of carbonyl (C=O) groups excluding carboxylic acids is 1. The second-order valence-electron chi connectivity index (χ2n) is 2.91. The summed E-state index contributed by atoms with van der Waals surface area (Å²) >= 11 is 1.60. The van der Waals surface area contributed by atoms with Crippen LogP contribution in [0.3, 0.4) is 0 Å². The summed E-state index contributed by atoms with van der Waals surface area (Å²) in [7, 11) is 1.52. The molecule has 0 aliphatic carbocycles. The van der Waals surface area contributed by atoms with E-state index in [9.17, 15) is 4.79 Å². The van der Waals surface area contributed by atoms with Gasteiger partial charge in [0.25, 0.3) is 0 Å². The maximum absolute atomic E-state index is 11.3. The molecule has 1 unspecified atom stereocenters. The van der Waals surface area contributed by atoms with E-state index in [2.05, 4.69) is 5.32 Å². The third kappa shape index (κ3) is 3.45. The number of nitrogens with two attached hydrogens (primary N) is 1. The maximum Gasteiger partial charge on any atom is 0.239 e. The second kappa shape index (κ2) is 5.74. The van der Waals surface area contributed by atoms with Crippen LogP contribution in [-0.2, 0) is 16.1 Å². The first-order valence-electron chi connectivity index (χ1n) is 4.27. The van der Waals surface area contributed by atoms with Crippen LogP contribution in [0.4, 0.5) is 0 Å². The summed E-state index contributed by atoms with van der Waals surface area (Å²) in [6.45, 7) is 0.773. The summed E-state index contributed by atoms with van der Waals surface area (Å²) in [6, 6.07) is 1.38. The van der Waals surface area contributed by atoms with E-state index in [-0.39, 0.29) is 12.5 Å². The van der Waals surface area contributed by atoms with E-state index >= 15 is 0 Å². The first-order chi connectivity index (χ1) is 6.74. The molecule has 1 heterocycles. The molecule has 1 rings (SSSR count). The van der Waals surface area contributed by atoms with Crippen molar-refractivity contribution in [3.8, 4) is 0 Å². The van der Waals surface area contributed by atoms with Gasteiger partial charge in [0.15, 0.2) is 0 Å². The fourth-order valence-electron chi connectivity index (χ4n) is 0.969. The molecule has 0 fully saturated rings. The van der Waals surface area contributed by atoms with Crippen LogP contribution in [0.2, 0.25) is 0 Å². The van der Waals surface area contributed by atoms with Gasteiger partial charge in [-0.2, -0.15) is 11.3 Å². The molecule has 14 heavy (non-hydrogen) atoms. The van der Waals surface area contributed by atoms with Gasteiger partial charge >= 0.3 is 0 Å². The molecule has 1 atom stereocenters. The molecule has 0 spiro atoms. The zero-order valence-corrected chi connectivity index (χ0v) is 8.84. The summed E-state index contributed by atoms with van der Waals surface area (Å²) in [4.78, 5) is 11.3. The van der Waals surface area contributed by atoms with Gasteiger partial charge in [-0.1, -0.05) is 0 Å². The van der Waals surface area contributed by atoms with E-state index in [4.69, 9.17) is 10.5 Å². The summed E-state index contributed by atoms with van der Waals surface area (Å²) in [6.07, 6.45) is 0. The molecule has 0 radical (unpaired) electrons. The van der Waals surface area contributed by atoms with Crippen LogP contribution in [0.5, 0.6) is 0 Å². The average molecular weight is 214 g/mol. The molecule has 5 heteroatoms. The second-order valence-corrected chi connectivity index (χ2v) is 3.69. The highest BCUT2D eigenvalue weighted by Gasteiger charge is 2.11. The summed E-state index contributed by atoms with van der Waals surface area (Å²) in [5, 5.41) is 6.69. The summed E-state index contributed by atoms with van der Waals surface area (Å²) in [5.41, 5.74) is 6.62. The van der Waals surface area contributed by atoms with Crippen molar-refractivity contribution in [3.05, 3.63) is 22.4 Å². The van der Waals surface area contributed by atoms with Crippen molar-refractivity contribution in [2.75, 3.05) is 13.7 Å². The first-order valence-corrected chi connectivity index (χ1v) is 5.21. The van der Waals surface area contributed by atoms with Crippen molar-refractivity contribution in [3.63, 3.8) is 0 Å². The van der Waals surface area contributed by atoms with Crippen molar-refractivity contribution in [2.24, 2.45) is 5.73 Å². The summed E-state index contributed by atoms with van der Waals surface area (Å²) < 4.78 is 4.78. The van der Waals surface area contributed by atoms with Crippen LogP contribution < -0.4 is 11.1 Å². The van der Waals surface area contributed by atoms with Gasteiger partial charge in [0, 0.05) is 13.7 Å². The molecule has 0 aromatic carbocycles. The van der Waals surface area contributed by atoms with E-state index in [1.165, 1.54) is 7.11 Å². The Morgan fingerprint density at radius 1 is 1.79 bits per heavy atom. The van der Waals surface area contributed by atoms with Gasteiger partial charge in [-0.3, -0.25) is 4.79 Å². The minimum atomic E-state index is -0.585. The highest BCUT2D eigenvalue weighted by molar-refractivity contribution is 7.07. The Labute approximate surface area is 87.1 Å². The van der Waals surface area contributed by atoms with E-state index in [1.54, 1.807) is 11.3 Å². The van der Waals surface area contributed by atoms with Crippen LogP contribution in [0.15, 0.2) is 16.8 Å². The SMILES string of the molecule is COCC(N)C(=O)NCc1ccsc1. The van der Waals surface area contributed by atoms with E-state index in [0.29, 0.717) is 6.54 Å². The van der Waals surface area contributed by atoms with Crippen molar-refractivity contribution in [1.29, 1.82) is 0 Å². The molecule has 0 saturated carbocycles. The van der Waals surface area contributed by atoms with Gasteiger partial charge in [0.1, 0.15) is 6.04 Å². The lowest BCUT2D eigenvalue weighted by Crippen LogP contribution is -2.43. The first kappa shape index (κ1) is 11.2. The van der Waals surface area contributed by atoms with Gasteiger partial charge in [-0.25, -0.2) is 0 Å². The number of rotatable bonds is 5. The number of ether oxygens (including phenoxy) is 1. The van der Waals surface area contributed by atoms with Crippen molar-refractivity contribution >= 4 is 17.2 Å². The maximum atomic E-state index is 11.3. The van der Waals surface area contributed by atoms with Gasteiger partial charge in [0.05, 0.1) is 6.61 Å². The Morgan fingerprint density at radius 2 is 2.57 bits per heavy atom. The van der Waals surface area contributed by atoms with Crippen LogP contribution in [0.1, 0.15) is 5.56 Å². The average Bonchev–Trinajstić information content (AvgIpc) is 2.67. The molecule has 0 bridgehead atoms. The Balaban J connectivity index is 2.27. The molecular formula is C9H14N2O2S. The van der Waals surface area contributed by atoms with E-state index < -0.39 is 6.04 Å². The Morgan fingerprint density at radius 3 is 3.14 bits per heavy atom. The third-order valence-corrected chi connectivity index (χ3v) is 2.46. The van der Waals surface area contributed by atoms with Crippen molar-refractivity contribution < 1.29 is 9.53 Å². The van der Waals surface area contributed by atoms with Gasteiger partial charge in [-0.05, 0) is 22.4 Å². The fourth-order valence-corrected chi connectivity index (χ4v) is 1.64.